The second kappa shape index (κ2) is 4.58. The number of benzene rings is 1. The maximum absolute atomic E-state index is 3.69. The molecule has 0 spiro atoms. The first kappa shape index (κ1) is 11.7. The predicted molar refractivity (Wildman–Crippen MR) is 69.2 cm³/mol. The average Bonchev–Trinajstić information content (AvgIpc) is 2.15. The van der Waals surface area contributed by atoms with Crippen LogP contribution >= 0.6 is 0 Å². The van der Waals surface area contributed by atoms with Gasteiger partial charge in [0.2, 0.25) is 0 Å². The van der Waals surface area contributed by atoms with Crippen LogP contribution in [0.2, 0.25) is 0 Å². The highest BCUT2D eigenvalue weighted by molar-refractivity contribution is 5.14. The van der Waals surface area contributed by atoms with Crippen molar-refractivity contribution in [2.24, 2.45) is 11.3 Å². The molecule has 0 aromatic heterocycles. The number of rotatable bonds is 3. The first-order chi connectivity index (χ1) is 7.57. The second-order valence-corrected chi connectivity index (χ2v) is 6.02. The van der Waals surface area contributed by atoms with Crippen molar-refractivity contribution in [3.8, 4) is 0 Å². The molecular weight excluding hydrogens is 194 g/mol. The minimum Gasteiger partial charge on any atom is -0.310 e. The molecule has 1 N–H and O–H groups in total. The quantitative estimate of drug-likeness (QED) is 0.815. The van der Waals surface area contributed by atoms with Crippen molar-refractivity contribution in [2.75, 3.05) is 0 Å². The van der Waals surface area contributed by atoms with E-state index in [-0.39, 0.29) is 0 Å². The van der Waals surface area contributed by atoms with E-state index in [1.54, 1.807) is 0 Å². The van der Waals surface area contributed by atoms with Crippen molar-refractivity contribution >= 4 is 0 Å². The van der Waals surface area contributed by atoms with E-state index in [4.69, 9.17) is 0 Å². The zero-order valence-corrected chi connectivity index (χ0v) is 10.7. The van der Waals surface area contributed by atoms with Gasteiger partial charge in [0.05, 0.1) is 0 Å². The van der Waals surface area contributed by atoms with E-state index in [2.05, 4.69) is 56.4 Å². The fraction of sp³-hybridized carbons (Fsp3) is 0.600. The van der Waals surface area contributed by atoms with Crippen LogP contribution in [0.15, 0.2) is 30.3 Å². The van der Waals surface area contributed by atoms with Crippen molar-refractivity contribution in [3.63, 3.8) is 0 Å². The Bertz CT molecular complexity index is 323. The van der Waals surface area contributed by atoms with Gasteiger partial charge in [-0.15, -0.1) is 0 Å². The van der Waals surface area contributed by atoms with Crippen LogP contribution in [-0.4, -0.2) is 6.04 Å². The van der Waals surface area contributed by atoms with E-state index < -0.39 is 0 Å². The minimum atomic E-state index is 0.451. The van der Waals surface area contributed by atoms with Crippen molar-refractivity contribution in [3.05, 3.63) is 35.9 Å². The summed E-state index contributed by atoms with van der Waals surface area (Å²) in [6.07, 6.45) is 2.73. The normalized spacial score (nSPS) is 25.2. The van der Waals surface area contributed by atoms with E-state index in [1.165, 1.54) is 18.4 Å². The standard InChI is InChI=1S/C15H23N/c1-15(2,3)13-9-10-14(13)16-11-12-7-5-4-6-8-12/h4-8,13-14,16H,9-11H2,1-3H3. The second-order valence-electron chi connectivity index (χ2n) is 6.02. The highest BCUT2D eigenvalue weighted by atomic mass is 14.9. The first-order valence-corrected chi connectivity index (χ1v) is 6.34. The molecule has 1 aromatic rings. The maximum Gasteiger partial charge on any atom is 0.0208 e. The highest BCUT2D eigenvalue weighted by Gasteiger charge is 2.38. The van der Waals surface area contributed by atoms with Crippen LogP contribution in [0.1, 0.15) is 39.2 Å². The lowest BCUT2D eigenvalue weighted by atomic mass is 9.65. The molecule has 0 aliphatic heterocycles. The predicted octanol–water partition coefficient (Wildman–Crippen LogP) is 3.60. The summed E-state index contributed by atoms with van der Waals surface area (Å²) in [6, 6.07) is 11.4. The zero-order valence-electron chi connectivity index (χ0n) is 10.7. The van der Waals surface area contributed by atoms with E-state index in [9.17, 15) is 0 Å². The SMILES string of the molecule is CC(C)(C)C1CCC1NCc1ccccc1. The Hall–Kier alpha value is -0.820. The Morgan fingerprint density at radius 1 is 1.12 bits per heavy atom. The number of hydrogen-bond acceptors (Lipinski definition) is 1. The van der Waals surface area contributed by atoms with Gasteiger partial charge in [-0.2, -0.15) is 0 Å². The molecule has 1 aliphatic rings. The molecule has 1 aliphatic carbocycles. The molecule has 16 heavy (non-hydrogen) atoms. The van der Waals surface area contributed by atoms with Crippen molar-refractivity contribution in [1.29, 1.82) is 0 Å². The number of hydrogen-bond donors (Lipinski definition) is 1. The molecule has 88 valence electrons. The van der Waals surface area contributed by atoms with Gasteiger partial charge >= 0.3 is 0 Å². The summed E-state index contributed by atoms with van der Waals surface area (Å²) in [6.45, 7) is 8.08. The lowest BCUT2D eigenvalue weighted by molar-refractivity contribution is 0.0843. The fourth-order valence-electron chi connectivity index (χ4n) is 2.63. The van der Waals surface area contributed by atoms with Gasteiger partial charge in [0.15, 0.2) is 0 Å². The molecule has 2 atom stereocenters. The van der Waals surface area contributed by atoms with Crippen molar-refractivity contribution < 1.29 is 0 Å². The number of nitrogens with one attached hydrogen (secondary N) is 1. The summed E-state index contributed by atoms with van der Waals surface area (Å²) in [5, 5.41) is 3.69. The van der Waals surface area contributed by atoms with Crippen LogP contribution in [0.25, 0.3) is 0 Å². The molecule has 2 rings (SSSR count). The largest absolute Gasteiger partial charge is 0.310 e. The smallest absolute Gasteiger partial charge is 0.0208 e. The van der Waals surface area contributed by atoms with Crippen LogP contribution in [0, 0.1) is 11.3 Å². The van der Waals surface area contributed by atoms with E-state index >= 15 is 0 Å². The topological polar surface area (TPSA) is 12.0 Å². The van der Waals surface area contributed by atoms with Gasteiger partial charge in [-0.3, -0.25) is 0 Å². The Morgan fingerprint density at radius 2 is 1.81 bits per heavy atom. The molecule has 0 saturated heterocycles. The Morgan fingerprint density at radius 3 is 2.31 bits per heavy atom. The summed E-state index contributed by atoms with van der Waals surface area (Å²) in [5.74, 6) is 0.844. The van der Waals surface area contributed by atoms with E-state index in [0.717, 1.165) is 18.5 Å². The zero-order chi connectivity index (χ0) is 11.6. The molecular formula is C15H23N. The first-order valence-electron chi connectivity index (χ1n) is 6.34. The van der Waals surface area contributed by atoms with Gasteiger partial charge in [-0.05, 0) is 29.7 Å². The Kier molecular flexibility index (Phi) is 3.34. The minimum absolute atomic E-state index is 0.451. The molecule has 0 radical (unpaired) electrons. The monoisotopic (exact) mass is 217 g/mol. The third-order valence-corrected chi connectivity index (χ3v) is 3.80. The molecule has 0 heterocycles. The summed E-state index contributed by atoms with van der Waals surface area (Å²) >= 11 is 0. The Labute approximate surface area is 99.3 Å². The molecule has 0 bridgehead atoms. The van der Waals surface area contributed by atoms with Gasteiger partial charge in [-0.1, -0.05) is 51.1 Å². The van der Waals surface area contributed by atoms with Gasteiger partial charge in [0.1, 0.15) is 0 Å². The van der Waals surface area contributed by atoms with Crippen LogP contribution in [0.5, 0.6) is 0 Å². The summed E-state index contributed by atoms with van der Waals surface area (Å²) < 4.78 is 0. The average molecular weight is 217 g/mol. The molecule has 2 unspecified atom stereocenters. The summed E-state index contributed by atoms with van der Waals surface area (Å²) in [5.41, 5.74) is 1.84. The molecule has 1 nitrogen and oxygen atoms in total. The van der Waals surface area contributed by atoms with Crippen LogP contribution in [0.3, 0.4) is 0 Å². The van der Waals surface area contributed by atoms with Gasteiger partial charge in [0, 0.05) is 12.6 Å². The third-order valence-electron chi connectivity index (χ3n) is 3.80. The lowest BCUT2D eigenvalue weighted by Gasteiger charge is -2.45. The van der Waals surface area contributed by atoms with Gasteiger partial charge in [-0.25, -0.2) is 0 Å². The maximum atomic E-state index is 3.69. The van der Waals surface area contributed by atoms with Gasteiger partial charge < -0.3 is 5.32 Å². The third kappa shape index (κ3) is 2.65. The Balaban J connectivity index is 1.84. The van der Waals surface area contributed by atoms with Crippen LogP contribution in [-0.2, 0) is 6.54 Å². The van der Waals surface area contributed by atoms with Crippen LogP contribution in [0.4, 0.5) is 0 Å². The highest BCUT2D eigenvalue weighted by Crippen LogP contribution is 2.41. The van der Waals surface area contributed by atoms with Crippen molar-refractivity contribution in [2.45, 2.75) is 46.2 Å². The molecule has 1 fully saturated rings. The van der Waals surface area contributed by atoms with Gasteiger partial charge in [0.25, 0.3) is 0 Å². The molecule has 1 heteroatoms. The molecule has 1 aromatic carbocycles. The molecule has 0 amide bonds. The fourth-order valence-corrected chi connectivity index (χ4v) is 2.63. The summed E-state index contributed by atoms with van der Waals surface area (Å²) in [7, 11) is 0. The van der Waals surface area contributed by atoms with E-state index in [1.807, 2.05) is 0 Å². The molecule has 1 saturated carbocycles. The summed E-state index contributed by atoms with van der Waals surface area (Å²) in [4.78, 5) is 0. The van der Waals surface area contributed by atoms with Crippen molar-refractivity contribution in [1.82, 2.24) is 5.32 Å². The lowest BCUT2D eigenvalue weighted by Crippen LogP contribution is -2.49. The van der Waals surface area contributed by atoms with E-state index in [0.29, 0.717) is 5.41 Å². The van der Waals surface area contributed by atoms with Crippen LogP contribution < -0.4 is 5.32 Å².